The average Bonchev–Trinajstić information content (AvgIpc) is 2.29. The summed E-state index contributed by atoms with van der Waals surface area (Å²) in [7, 11) is 0. The summed E-state index contributed by atoms with van der Waals surface area (Å²) in [5, 5.41) is 3.52. The molecule has 0 aliphatic rings. The van der Waals surface area contributed by atoms with Gasteiger partial charge in [0.05, 0.1) is 0 Å². The minimum Gasteiger partial charge on any atom is -0.316 e. The summed E-state index contributed by atoms with van der Waals surface area (Å²) >= 11 is 3.65. The van der Waals surface area contributed by atoms with Gasteiger partial charge in [0.2, 0.25) is 0 Å². The van der Waals surface area contributed by atoms with Crippen LogP contribution in [0.2, 0.25) is 0 Å². The van der Waals surface area contributed by atoms with Gasteiger partial charge in [-0.15, -0.1) is 0 Å². The van der Waals surface area contributed by atoms with Crippen molar-refractivity contribution in [2.75, 3.05) is 13.1 Å². The van der Waals surface area contributed by atoms with Gasteiger partial charge in [0.15, 0.2) is 0 Å². The smallest absolute Gasteiger partial charge is 0.0210 e. The highest BCUT2D eigenvalue weighted by molar-refractivity contribution is 9.10. The zero-order valence-corrected chi connectivity index (χ0v) is 11.9. The summed E-state index contributed by atoms with van der Waals surface area (Å²) in [4.78, 5) is 0. The van der Waals surface area contributed by atoms with Crippen molar-refractivity contribution < 1.29 is 0 Å². The van der Waals surface area contributed by atoms with Crippen LogP contribution >= 0.6 is 15.9 Å². The number of hydrogen-bond acceptors (Lipinski definition) is 1. The van der Waals surface area contributed by atoms with Crippen molar-refractivity contribution in [3.05, 3.63) is 34.3 Å². The maximum Gasteiger partial charge on any atom is 0.0210 e. The Morgan fingerprint density at radius 3 is 2.56 bits per heavy atom. The van der Waals surface area contributed by atoms with Gasteiger partial charge in [-0.3, -0.25) is 0 Å². The van der Waals surface area contributed by atoms with E-state index < -0.39 is 0 Å². The van der Waals surface area contributed by atoms with Crippen LogP contribution < -0.4 is 5.32 Å². The molecule has 0 aromatic heterocycles. The van der Waals surface area contributed by atoms with E-state index in [0.717, 1.165) is 13.1 Å². The lowest BCUT2D eigenvalue weighted by Gasteiger charge is -2.18. The van der Waals surface area contributed by atoms with Gasteiger partial charge >= 0.3 is 0 Å². The molecule has 90 valence electrons. The lowest BCUT2D eigenvalue weighted by Crippen LogP contribution is -2.22. The Labute approximate surface area is 108 Å². The molecule has 1 aromatic rings. The molecular weight excluding hydrogens is 262 g/mol. The third-order valence-electron chi connectivity index (χ3n) is 2.80. The van der Waals surface area contributed by atoms with E-state index in [4.69, 9.17) is 0 Å². The fourth-order valence-corrected chi connectivity index (χ4v) is 2.58. The van der Waals surface area contributed by atoms with Crippen LogP contribution in [-0.4, -0.2) is 13.1 Å². The minimum absolute atomic E-state index is 0.632. The van der Waals surface area contributed by atoms with Crippen molar-refractivity contribution in [2.24, 2.45) is 0 Å². The van der Waals surface area contributed by atoms with E-state index >= 15 is 0 Å². The zero-order chi connectivity index (χ0) is 11.8. The van der Waals surface area contributed by atoms with Gasteiger partial charge in [0, 0.05) is 11.0 Å². The molecule has 0 radical (unpaired) electrons. The van der Waals surface area contributed by atoms with Crippen molar-refractivity contribution in [2.45, 2.75) is 39.0 Å². The average molecular weight is 284 g/mol. The van der Waals surface area contributed by atoms with E-state index in [-0.39, 0.29) is 0 Å². The monoisotopic (exact) mass is 283 g/mol. The summed E-state index contributed by atoms with van der Waals surface area (Å²) in [6.07, 6.45) is 3.69. The van der Waals surface area contributed by atoms with Crippen LogP contribution in [0.5, 0.6) is 0 Å². The van der Waals surface area contributed by atoms with E-state index in [1.807, 2.05) is 0 Å². The van der Waals surface area contributed by atoms with Crippen molar-refractivity contribution in [1.29, 1.82) is 0 Å². The number of hydrogen-bond donors (Lipinski definition) is 1. The Kier molecular flexibility index (Phi) is 6.74. The van der Waals surface area contributed by atoms with Crippen molar-refractivity contribution >= 4 is 15.9 Å². The molecule has 0 bridgehead atoms. The Morgan fingerprint density at radius 1 is 1.19 bits per heavy atom. The third kappa shape index (κ3) is 4.26. The fraction of sp³-hybridized carbons (Fsp3) is 0.571. The van der Waals surface area contributed by atoms with Gasteiger partial charge < -0.3 is 5.32 Å². The van der Waals surface area contributed by atoms with Crippen molar-refractivity contribution in [1.82, 2.24) is 5.32 Å². The normalized spacial score (nSPS) is 12.7. The van der Waals surface area contributed by atoms with Gasteiger partial charge in [-0.1, -0.05) is 54.4 Å². The largest absolute Gasteiger partial charge is 0.316 e. The van der Waals surface area contributed by atoms with Crippen LogP contribution in [-0.2, 0) is 0 Å². The first-order valence-electron chi connectivity index (χ1n) is 6.24. The molecule has 0 spiro atoms. The van der Waals surface area contributed by atoms with Crippen molar-refractivity contribution in [3.8, 4) is 0 Å². The maximum atomic E-state index is 3.65. The predicted octanol–water partition coefficient (Wildman–Crippen LogP) is 4.33. The van der Waals surface area contributed by atoms with Crippen LogP contribution in [0.1, 0.15) is 44.6 Å². The maximum absolute atomic E-state index is 3.65. The first-order chi connectivity index (χ1) is 7.79. The van der Waals surface area contributed by atoms with Gasteiger partial charge in [-0.05, 0) is 36.9 Å². The predicted molar refractivity (Wildman–Crippen MR) is 75.0 cm³/mol. The summed E-state index contributed by atoms with van der Waals surface area (Å²) in [6, 6.07) is 8.58. The second-order valence-corrected chi connectivity index (χ2v) is 5.07. The second kappa shape index (κ2) is 7.86. The van der Waals surface area contributed by atoms with Crippen LogP contribution in [0.25, 0.3) is 0 Å². The molecule has 1 unspecified atom stereocenters. The highest BCUT2D eigenvalue weighted by atomic mass is 79.9. The van der Waals surface area contributed by atoms with Crippen LogP contribution in [0.15, 0.2) is 28.7 Å². The Morgan fingerprint density at radius 2 is 1.94 bits per heavy atom. The van der Waals surface area contributed by atoms with Gasteiger partial charge in [0.25, 0.3) is 0 Å². The van der Waals surface area contributed by atoms with Crippen LogP contribution in [0, 0.1) is 0 Å². The Hall–Kier alpha value is -0.340. The fourth-order valence-electron chi connectivity index (χ4n) is 1.98. The highest BCUT2D eigenvalue weighted by Crippen LogP contribution is 2.27. The highest BCUT2D eigenvalue weighted by Gasteiger charge is 2.12. The SMILES string of the molecule is CCCNCC(CCC)c1ccccc1Br. The van der Waals surface area contributed by atoms with Gasteiger partial charge in [-0.2, -0.15) is 0 Å². The molecule has 0 saturated heterocycles. The number of rotatable bonds is 7. The van der Waals surface area contributed by atoms with E-state index in [0.29, 0.717) is 5.92 Å². The summed E-state index contributed by atoms with van der Waals surface area (Å²) in [5.41, 5.74) is 1.44. The molecule has 0 saturated carbocycles. The van der Waals surface area contributed by atoms with Crippen molar-refractivity contribution in [3.63, 3.8) is 0 Å². The Bertz CT molecular complexity index is 299. The molecule has 2 heteroatoms. The molecule has 0 heterocycles. The second-order valence-electron chi connectivity index (χ2n) is 4.21. The Balaban J connectivity index is 2.65. The van der Waals surface area contributed by atoms with E-state index in [1.165, 1.54) is 29.3 Å². The van der Waals surface area contributed by atoms with E-state index in [2.05, 4.69) is 59.4 Å². The number of benzene rings is 1. The molecule has 1 nitrogen and oxygen atoms in total. The molecule has 1 atom stereocenters. The molecule has 0 amide bonds. The lowest BCUT2D eigenvalue weighted by atomic mass is 9.94. The third-order valence-corrected chi connectivity index (χ3v) is 3.52. The molecule has 16 heavy (non-hydrogen) atoms. The number of nitrogens with one attached hydrogen (secondary N) is 1. The lowest BCUT2D eigenvalue weighted by molar-refractivity contribution is 0.541. The summed E-state index contributed by atoms with van der Waals surface area (Å²) in [5.74, 6) is 0.632. The molecule has 1 aromatic carbocycles. The minimum atomic E-state index is 0.632. The van der Waals surface area contributed by atoms with E-state index in [9.17, 15) is 0 Å². The first-order valence-corrected chi connectivity index (χ1v) is 7.04. The zero-order valence-electron chi connectivity index (χ0n) is 10.3. The quantitative estimate of drug-likeness (QED) is 0.735. The van der Waals surface area contributed by atoms with Crippen LogP contribution in [0.4, 0.5) is 0 Å². The van der Waals surface area contributed by atoms with E-state index in [1.54, 1.807) is 0 Å². The molecule has 0 fully saturated rings. The summed E-state index contributed by atoms with van der Waals surface area (Å²) < 4.78 is 1.24. The summed E-state index contributed by atoms with van der Waals surface area (Å²) in [6.45, 7) is 6.67. The molecule has 0 aliphatic carbocycles. The van der Waals surface area contributed by atoms with Gasteiger partial charge in [-0.25, -0.2) is 0 Å². The van der Waals surface area contributed by atoms with Gasteiger partial charge in [0.1, 0.15) is 0 Å². The molecule has 1 rings (SSSR count). The topological polar surface area (TPSA) is 12.0 Å². The molecule has 1 N–H and O–H groups in total. The van der Waals surface area contributed by atoms with Crippen LogP contribution in [0.3, 0.4) is 0 Å². The number of halogens is 1. The standard InChI is InChI=1S/C14H22BrN/c1-3-7-12(11-16-10-4-2)13-8-5-6-9-14(13)15/h5-6,8-9,12,16H,3-4,7,10-11H2,1-2H3. The molecule has 0 aliphatic heterocycles. The molecular formula is C14H22BrN. The first kappa shape index (κ1) is 13.7.